The number of sulfonamides is 1. The number of carbonyl (C=O) groups is 1. The molecule has 0 aromatic heterocycles. The molecule has 0 aliphatic rings. The van der Waals surface area contributed by atoms with Gasteiger partial charge in [-0.2, -0.15) is 0 Å². The molecule has 8 heteroatoms. The molecule has 144 valence electrons. The molecular formula is C20H16ClIN2O3S. The smallest absolute Gasteiger partial charge is 0.261 e. The second-order valence-corrected chi connectivity index (χ2v) is 9.36. The molecule has 0 saturated heterocycles. The summed E-state index contributed by atoms with van der Waals surface area (Å²) in [6, 6.07) is 18.1. The fraction of sp³-hybridized carbons (Fsp3) is 0.0500. The van der Waals surface area contributed by atoms with Gasteiger partial charge in [-0.25, -0.2) is 8.42 Å². The van der Waals surface area contributed by atoms with Crippen molar-refractivity contribution in [1.29, 1.82) is 0 Å². The van der Waals surface area contributed by atoms with Crippen LogP contribution in [0.3, 0.4) is 0 Å². The summed E-state index contributed by atoms with van der Waals surface area (Å²) in [4.78, 5) is 12.7. The molecule has 0 aliphatic carbocycles. The third-order valence-electron chi connectivity index (χ3n) is 3.96. The van der Waals surface area contributed by atoms with Crippen molar-refractivity contribution >= 4 is 61.5 Å². The number of benzene rings is 3. The molecule has 0 spiro atoms. The van der Waals surface area contributed by atoms with Crippen LogP contribution in [-0.4, -0.2) is 14.3 Å². The van der Waals surface area contributed by atoms with Crippen LogP contribution in [0.5, 0.6) is 0 Å². The molecule has 0 heterocycles. The van der Waals surface area contributed by atoms with Crippen LogP contribution in [0.25, 0.3) is 0 Å². The molecule has 0 radical (unpaired) electrons. The third-order valence-corrected chi connectivity index (χ3v) is 6.34. The molecule has 0 bridgehead atoms. The van der Waals surface area contributed by atoms with Gasteiger partial charge in [0.25, 0.3) is 15.9 Å². The van der Waals surface area contributed by atoms with Gasteiger partial charge in [0.2, 0.25) is 0 Å². The first-order valence-electron chi connectivity index (χ1n) is 8.21. The van der Waals surface area contributed by atoms with Crippen LogP contribution in [0.1, 0.15) is 15.9 Å². The molecule has 3 rings (SSSR count). The van der Waals surface area contributed by atoms with E-state index >= 15 is 0 Å². The lowest BCUT2D eigenvalue weighted by Gasteiger charge is -2.12. The Morgan fingerprint density at radius 2 is 1.71 bits per heavy atom. The van der Waals surface area contributed by atoms with Gasteiger partial charge in [0.05, 0.1) is 21.2 Å². The highest BCUT2D eigenvalue weighted by Gasteiger charge is 2.16. The Labute approximate surface area is 182 Å². The van der Waals surface area contributed by atoms with Crippen LogP contribution in [0.2, 0.25) is 5.02 Å². The van der Waals surface area contributed by atoms with Crippen molar-refractivity contribution in [3.63, 3.8) is 0 Å². The fourth-order valence-electron chi connectivity index (χ4n) is 2.53. The van der Waals surface area contributed by atoms with Crippen LogP contribution < -0.4 is 10.0 Å². The summed E-state index contributed by atoms with van der Waals surface area (Å²) in [5, 5.41) is 2.97. The van der Waals surface area contributed by atoms with Gasteiger partial charge in [0.1, 0.15) is 0 Å². The van der Waals surface area contributed by atoms with E-state index in [2.05, 4.69) is 32.6 Å². The number of hydrogen-bond acceptors (Lipinski definition) is 3. The van der Waals surface area contributed by atoms with Gasteiger partial charge in [0.15, 0.2) is 0 Å². The Morgan fingerprint density at radius 1 is 1.00 bits per heavy atom. The summed E-state index contributed by atoms with van der Waals surface area (Å²) in [5.41, 5.74) is 2.15. The average molecular weight is 527 g/mol. The zero-order valence-corrected chi connectivity index (χ0v) is 18.5. The Hall–Kier alpha value is -2.10. The lowest BCUT2D eigenvalue weighted by atomic mass is 10.1. The first kappa shape index (κ1) is 20.6. The minimum atomic E-state index is -3.73. The van der Waals surface area contributed by atoms with Crippen molar-refractivity contribution in [2.24, 2.45) is 0 Å². The molecule has 0 unspecified atom stereocenters. The molecule has 0 fully saturated rings. The van der Waals surface area contributed by atoms with Gasteiger partial charge >= 0.3 is 0 Å². The van der Waals surface area contributed by atoms with Gasteiger partial charge in [0, 0.05) is 9.26 Å². The van der Waals surface area contributed by atoms with E-state index in [1.165, 1.54) is 30.3 Å². The summed E-state index contributed by atoms with van der Waals surface area (Å²) in [7, 11) is -3.73. The number of halogens is 2. The van der Waals surface area contributed by atoms with Crippen LogP contribution in [0.15, 0.2) is 71.6 Å². The van der Waals surface area contributed by atoms with Crippen molar-refractivity contribution in [3.05, 3.63) is 86.4 Å². The van der Waals surface area contributed by atoms with E-state index in [1.807, 2.05) is 25.1 Å². The molecule has 0 atom stereocenters. The normalized spacial score (nSPS) is 11.1. The van der Waals surface area contributed by atoms with E-state index in [9.17, 15) is 13.2 Å². The Kier molecular flexibility index (Phi) is 6.26. The number of aryl methyl sites for hydroxylation is 1. The van der Waals surface area contributed by atoms with Crippen molar-refractivity contribution in [2.75, 3.05) is 10.0 Å². The van der Waals surface area contributed by atoms with Crippen molar-refractivity contribution < 1.29 is 13.2 Å². The van der Waals surface area contributed by atoms with Crippen LogP contribution >= 0.6 is 34.2 Å². The van der Waals surface area contributed by atoms with Gasteiger partial charge in [-0.3, -0.25) is 9.52 Å². The molecule has 0 aliphatic heterocycles. The molecule has 28 heavy (non-hydrogen) atoms. The monoisotopic (exact) mass is 526 g/mol. The number of anilines is 2. The minimum absolute atomic E-state index is 0.141. The standard InChI is InChI=1S/C20H16ClIN2O3S/c1-13-11-14(22)7-10-19(13)23-20(25)17-9-8-15(12-18(17)21)24-28(26,27)16-5-3-2-4-6-16/h2-12,24H,1H3,(H,23,25). The average Bonchev–Trinajstić information content (AvgIpc) is 2.64. The molecule has 5 nitrogen and oxygen atoms in total. The predicted molar refractivity (Wildman–Crippen MR) is 121 cm³/mol. The summed E-state index contributed by atoms with van der Waals surface area (Å²) < 4.78 is 28.3. The van der Waals surface area contributed by atoms with E-state index < -0.39 is 10.0 Å². The summed E-state index contributed by atoms with van der Waals surface area (Å²) in [6.07, 6.45) is 0. The van der Waals surface area contributed by atoms with Crippen LogP contribution in [0.4, 0.5) is 11.4 Å². The molecule has 3 aromatic rings. The highest BCUT2D eigenvalue weighted by Crippen LogP contribution is 2.25. The second kappa shape index (κ2) is 8.50. The van der Waals surface area contributed by atoms with E-state index in [0.717, 1.165) is 9.13 Å². The van der Waals surface area contributed by atoms with Crippen molar-refractivity contribution in [2.45, 2.75) is 11.8 Å². The second-order valence-electron chi connectivity index (χ2n) is 6.03. The summed E-state index contributed by atoms with van der Waals surface area (Å²) in [6.45, 7) is 1.90. The highest BCUT2D eigenvalue weighted by molar-refractivity contribution is 14.1. The molecule has 1 amide bonds. The van der Waals surface area contributed by atoms with Crippen LogP contribution in [0, 0.1) is 10.5 Å². The first-order valence-corrected chi connectivity index (χ1v) is 11.2. The van der Waals surface area contributed by atoms with Gasteiger partial charge in [-0.1, -0.05) is 29.8 Å². The molecule has 3 aromatic carbocycles. The van der Waals surface area contributed by atoms with Crippen molar-refractivity contribution in [3.8, 4) is 0 Å². The van der Waals surface area contributed by atoms with Crippen molar-refractivity contribution in [1.82, 2.24) is 0 Å². The van der Waals surface area contributed by atoms with Crippen LogP contribution in [-0.2, 0) is 10.0 Å². The Balaban J connectivity index is 1.79. The van der Waals surface area contributed by atoms with Gasteiger partial charge in [-0.05, 0) is 83.6 Å². The van der Waals surface area contributed by atoms with E-state index in [1.54, 1.807) is 18.2 Å². The lowest BCUT2D eigenvalue weighted by molar-refractivity contribution is 0.102. The Morgan fingerprint density at radius 3 is 2.36 bits per heavy atom. The topological polar surface area (TPSA) is 75.3 Å². The summed E-state index contributed by atoms with van der Waals surface area (Å²) in [5.74, 6) is -0.369. The fourth-order valence-corrected chi connectivity index (χ4v) is 4.52. The zero-order chi connectivity index (χ0) is 20.3. The molecular weight excluding hydrogens is 511 g/mol. The maximum absolute atomic E-state index is 12.6. The maximum atomic E-state index is 12.6. The van der Waals surface area contributed by atoms with E-state index in [0.29, 0.717) is 5.69 Å². The first-order chi connectivity index (χ1) is 13.3. The zero-order valence-electron chi connectivity index (χ0n) is 14.7. The number of carbonyl (C=O) groups excluding carboxylic acids is 1. The maximum Gasteiger partial charge on any atom is 0.261 e. The van der Waals surface area contributed by atoms with E-state index in [4.69, 9.17) is 11.6 Å². The highest BCUT2D eigenvalue weighted by atomic mass is 127. The Bertz CT molecular complexity index is 1140. The number of hydrogen-bond donors (Lipinski definition) is 2. The lowest BCUT2D eigenvalue weighted by Crippen LogP contribution is -2.15. The number of amides is 1. The van der Waals surface area contributed by atoms with Gasteiger partial charge < -0.3 is 5.32 Å². The number of nitrogens with one attached hydrogen (secondary N) is 2. The number of rotatable bonds is 5. The SMILES string of the molecule is Cc1cc(I)ccc1NC(=O)c1ccc(NS(=O)(=O)c2ccccc2)cc1Cl. The third kappa shape index (κ3) is 4.84. The van der Waals surface area contributed by atoms with E-state index in [-0.39, 0.29) is 27.1 Å². The van der Waals surface area contributed by atoms with Gasteiger partial charge in [-0.15, -0.1) is 0 Å². The minimum Gasteiger partial charge on any atom is -0.322 e. The largest absolute Gasteiger partial charge is 0.322 e. The summed E-state index contributed by atoms with van der Waals surface area (Å²) >= 11 is 8.43. The quantitative estimate of drug-likeness (QED) is 0.443. The molecule has 0 saturated carbocycles. The predicted octanol–water partition coefficient (Wildman–Crippen LogP) is 5.31. The molecule has 2 N–H and O–H groups in total.